The molecule has 0 spiro atoms. The van der Waals surface area contributed by atoms with E-state index in [0.29, 0.717) is 5.02 Å². The molecule has 0 fully saturated rings. The van der Waals surface area contributed by atoms with Gasteiger partial charge in [0, 0.05) is 20.8 Å². The van der Waals surface area contributed by atoms with Gasteiger partial charge in [-0.3, -0.25) is 0 Å². The monoisotopic (exact) mass is 274 g/mol. The molecule has 90 valence electrons. The molecule has 0 saturated heterocycles. The topological polar surface area (TPSA) is 20.2 Å². The predicted octanol–water partition coefficient (Wildman–Crippen LogP) is 4.64. The molecule has 0 aliphatic heterocycles. The Morgan fingerprint density at radius 1 is 0.944 bits per heavy atom. The summed E-state index contributed by atoms with van der Waals surface area (Å²) in [7, 11) is 0. The molecule has 0 aliphatic rings. The molecule has 1 unspecified atom stereocenters. The molecule has 0 saturated carbocycles. The molecular formula is C15H11ClOS. The predicted molar refractivity (Wildman–Crippen MR) is 77.3 cm³/mol. The van der Waals surface area contributed by atoms with Crippen molar-refractivity contribution >= 4 is 33.0 Å². The molecular weight excluding hydrogens is 264 g/mol. The van der Waals surface area contributed by atoms with Crippen LogP contribution in [0, 0.1) is 0 Å². The van der Waals surface area contributed by atoms with Crippen molar-refractivity contribution in [2.24, 2.45) is 0 Å². The van der Waals surface area contributed by atoms with Gasteiger partial charge >= 0.3 is 0 Å². The zero-order valence-electron chi connectivity index (χ0n) is 9.51. The second-order valence-corrected chi connectivity index (χ2v) is 5.43. The molecule has 0 amide bonds. The van der Waals surface area contributed by atoms with Crippen LogP contribution in [0.5, 0.6) is 0 Å². The van der Waals surface area contributed by atoms with E-state index >= 15 is 0 Å². The number of hydrogen-bond acceptors (Lipinski definition) is 2. The second-order valence-electron chi connectivity index (χ2n) is 4.11. The third-order valence-corrected chi connectivity index (χ3v) is 4.33. The first kappa shape index (κ1) is 11.7. The SMILES string of the molecule is OC(c1ccccc1Cl)c1csc2ccccc12. The lowest BCUT2D eigenvalue weighted by Gasteiger charge is -2.12. The molecule has 0 radical (unpaired) electrons. The lowest BCUT2D eigenvalue weighted by molar-refractivity contribution is 0.222. The van der Waals surface area contributed by atoms with Gasteiger partial charge < -0.3 is 5.11 Å². The van der Waals surface area contributed by atoms with Crippen LogP contribution in [0.1, 0.15) is 17.2 Å². The average Bonchev–Trinajstić information content (AvgIpc) is 2.82. The Morgan fingerprint density at radius 2 is 1.67 bits per heavy atom. The van der Waals surface area contributed by atoms with Gasteiger partial charge in [0.2, 0.25) is 0 Å². The Bertz CT molecular complexity index is 690. The first-order valence-corrected chi connectivity index (χ1v) is 6.92. The van der Waals surface area contributed by atoms with Crippen LogP contribution in [0.15, 0.2) is 53.9 Å². The molecule has 0 bridgehead atoms. The van der Waals surface area contributed by atoms with Crippen molar-refractivity contribution in [2.75, 3.05) is 0 Å². The number of benzene rings is 2. The molecule has 1 atom stereocenters. The Hall–Kier alpha value is -1.35. The van der Waals surface area contributed by atoms with Gasteiger partial charge in [-0.1, -0.05) is 48.0 Å². The van der Waals surface area contributed by atoms with Crippen LogP contribution in [0.3, 0.4) is 0 Å². The van der Waals surface area contributed by atoms with Gasteiger partial charge in [-0.25, -0.2) is 0 Å². The van der Waals surface area contributed by atoms with Crippen molar-refractivity contribution in [3.8, 4) is 0 Å². The summed E-state index contributed by atoms with van der Waals surface area (Å²) in [4.78, 5) is 0. The van der Waals surface area contributed by atoms with Crippen LogP contribution < -0.4 is 0 Å². The van der Waals surface area contributed by atoms with E-state index in [1.165, 1.54) is 4.70 Å². The molecule has 3 aromatic rings. The summed E-state index contributed by atoms with van der Waals surface area (Å²) in [5, 5.41) is 14.2. The highest BCUT2D eigenvalue weighted by Gasteiger charge is 2.17. The fraction of sp³-hybridized carbons (Fsp3) is 0.0667. The lowest BCUT2D eigenvalue weighted by atomic mass is 10.0. The highest BCUT2D eigenvalue weighted by molar-refractivity contribution is 7.17. The van der Waals surface area contributed by atoms with E-state index in [2.05, 4.69) is 6.07 Å². The number of aliphatic hydroxyl groups is 1. The van der Waals surface area contributed by atoms with E-state index in [4.69, 9.17) is 11.6 Å². The number of rotatable bonds is 2. The largest absolute Gasteiger partial charge is 0.384 e. The van der Waals surface area contributed by atoms with Gasteiger partial charge in [0.05, 0.1) is 0 Å². The number of hydrogen-bond donors (Lipinski definition) is 1. The van der Waals surface area contributed by atoms with Gasteiger partial charge in [-0.15, -0.1) is 11.3 Å². The summed E-state index contributed by atoms with van der Waals surface area (Å²) in [6, 6.07) is 15.5. The van der Waals surface area contributed by atoms with Gasteiger partial charge in [0.1, 0.15) is 6.10 Å². The number of halogens is 1. The zero-order chi connectivity index (χ0) is 12.5. The van der Waals surface area contributed by atoms with Gasteiger partial charge in [0.25, 0.3) is 0 Å². The molecule has 3 heteroatoms. The van der Waals surface area contributed by atoms with Crippen molar-refractivity contribution in [1.29, 1.82) is 0 Å². The zero-order valence-corrected chi connectivity index (χ0v) is 11.1. The summed E-state index contributed by atoms with van der Waals surface area (Å²) < 4.78 is 1.18. The Morgan fingerprint density at radius 3 is 2.50 bits per heavy atom. The summed E-state index contributed by atoms with van der Waals surface area (Å²) >= 11 is 7.77. The number of thiophene rings is 1. The summed E-state index contributed by atoms with van der Waals surface area (Å²) in [5.41, 5.74) is 1.67. The van der Waals surface area contributed by atoms with Crippen molar-refractivity contribution in [1.82, 2.24) is 0 Å². The van der Waals surface area contributed by atoms with Crippen LogP contribution >= 0.6 is 22.9 Å². The average molecular weight is 275 g/mol. The lowest BCUT2D eigenvalue weighted by Crippen LogP contribution is -1.99. The van der Waals surface area contributed by atoms with E-state index < -0.39 is 6.10 Å². The van der Waals surface area contributed by atoms with Gasteiger partial charge in [-0.2, -0.15) is 0 Å². The molecule has 0 aliphatic carbocycles. The maximum Gasteiger partial charge on any atom is 0.107 e. The molecule has 1 heterocycles. The Balaban J connectivity index is 2.13. The third kappa shape index (κ3) is 1.93. The van der Waals surface area contributed by atoms with Crippen LogP contribution in [-0.2, 0) is 0 Å². The normalized spacial score (nSPS) is 12.8. The Labute approximate surface area is 114 Å². The van der Waals surface area contributed by atoms with E-state index in [9.17, 15) is 5.11 Å². The molecule has 1 aromatic heterocycles. The van der Waals surface area contributed by atoms with E-state index in [-0.39, 0.29) is 0 Å². The van der Waals surface area contributed by atoms with Crippen molar-refractivity contribution in [2.45, 2.75) is 6.10 Å². The van der Waals surface area contributed by atoms with E-state index in [1.807, 2.05) is 41.8 Å². The third-order valence-electron chi connectivity index (χ3n) is 3.01. The molecule has 1 nitrogen and oxygen atoms in total. The Kier molecular flexibility index (Phi) is 3.08. The van der Waals surface area contributed by atoms with Crippen LogP contribution in [0.4, 0.5) is 0 Å². The summed E-state index contributed by atoms with van der Waals surface area (Å²) in [6.07, 6.45) is -0.671. The van der Waals surface area contributed by atoms with Crippen LogP contribution in [0.25, 0.3) is 10.1 Å². The van der Waals surface area contributed by atoms with Crippen molar-refractivity contribution < 1.29 is 5.11 Å². The van der Waals surface area contributed by atoms with E-state index in [0.717, 1.165) is 16.5 Å². The highest BCUT2D eigenvalue weighted by atomic mass is 35.5. The fourth-order valence-corrected chi connectivity index (χ4v) is 3.29. The summed E-state index contributed by atoms with van der Waals surface area (Å²) in [5.74, 6) is 0. The summed E-state index contributed by atoms with van der Waals surface area (Å²) in [6.45, 7) is 0. The van der Waals surface area contributed by atoms with Crippen LogP contribution in [0.2, 0.25) is 5.02 Å². The first-order chi connectivity index (χ1) is 8.77. The second kappa shape index (κ2) is 4.73. The maximum absolute atomic E-state index is 10.5. The van der Waals surface area contributed by atoms with E-state index in [1.54, 1.807) is 17.4 Å². The smallest absolute Gasteiger partial charge is 0.107 e. The highest BCUT2D eigenvalue weighted by Crippen LogP contribution is 2.35. The number of aliphatic hydroxyl groups excluding tert-OH is 1. The minimum Gasteiger partial charge on any atom is -0.384 e. The molecule has 18 heavy (non-hydrogen) atoms. The fourth-order valence-electron chi connectivity index (χ4n) is 2.07. The minimum absolute atomic E-state index is 0.597. The van der Waals surface area contributed by atoms with Crippen LogP contribution in [-0.4, -0.2) is 5.11 Å². The minimum atomic E-state index is -0.671. The van der Waals surface area contributed by atoms with Crippen molar-refractivity contribution in [3.05, 3.63) is 70.1 Å². The van der Waals surface area contributed by atoms with Gasteiger partial charge in [-0.05, 0) is 22.9 Å². The quantitative estimate of drug-likeness (QED) is 0.722. The standard InChI is InChI=1S/C15H11ClOS/c16-13-7-3-1-6-11(13)15(17)12-9-18-14-8-4-2-5-10(12)14/h1-9,15,17H. The molecule has 2 aromatic carbocycles. The van der Waals surface area contributed by atoms with Gasteiger partial charge in [0.15, 0.2) is 0 Å². The number of fused-ring (bicyclic) bond motifs is 1. The van der Waals surface area contributed by atoms with Crippen molar-refractivity contribution in [3.63, 3.8) is 0 Å². The molecule has 3 rings (SSSR count). The molecule has 1 N–H and O–H groups in total. The maximum atomic E-state index is 10.5. The first-order valence-electron chi connectivity index (χ1n) is 5.66.